The fraction of sp³-hybridized carbons (Fsp3) is 0.333. The lowest BCUT2D eigenvalue weighted by Crippen LogP contribution is -2.42. The molecule has 0 bridgehead atoms. The van der Waals surface area contributed by atoms with Gasteiger partial charge in [-0.05, 0) is 19.9 Å². The average molecular weight is 528 g/mol. The first kappa shape index (κ1) is 26.6. The SMILES string of the molecule is CC(F)(F)Cn1ccc(Nc2cc(-c3cnc4cc(C#N)cnn34)ncc2C(=O)NC[C@@H](F)C(C)(C)O)n1. The molecule has 0 unspecified atom stereocenters. The lowest BCUT2D eigenvalue weighted by atomic mass is 10.0. The van der Waals surface area contributed by atoms with E-state index in [9.17, 15) is 23.1 Å². The molecule has 38 heavy (non-hydrogen) atoms. The molecule has 0 fully saturated rings. The topological polar surface area (TPSA) is 146 Å². The number of fused-ring (bicyclic) bond motifs is 1. The van der Waals surface area contributed by atoms with Gasteiger partial charge in [-0.15, -0.1) is 0 Å². The van der Waals surface area contributed by atoms with Crippen LogP contribution >= 0.6 is 0 Å². The monoisotopic (exact) mass is 527 g/mol. The van der Waals surface area contributed by atoms with Crippen molar-refractivity contribution in [2.75, 3.05) is 11.9 Å². The van der Waals surface area contributed by atoms with Gasteiger partial charge in [0.25, 0.3) is 11.8 Å². The van der Waals surface area contributed by atoms with Gasteiger partial charge >= 0.3 is 0 Å². The van der Waals surface area contributed by atoms with Crippen LogP contribution in [-0.2, 0) is 6.54 Å². The van der Waals surface area contributed by atoms with E-state index in [4.69, 9.17) is 5.26 Å². The normalized spacial score (nSPS) is 12.8. The van der Waals surface area contributed by atoms with Crippen molar-refractivity contribution in [3.05, 3.63) is 54.1 Å². The van der Waals surface area contributed by atoms with Crippen molar-refractivity contribution in [3.8, 4) is 17.5 Å². The maximum Gasteiger partial charge on any atom is 0.264 e. The summed E-state index contributed by atoms with van der Waals surface area (Å²) in [5.41, 5.74) is 0.0598. The minimum Gasteiger partial charge on any atom is -0.387 e. The molecule has 0 aliphatic rings. The molecular weight excluding hydrogens is 503 g/mol. The van der Waals surface area contributed by atoms with Gasteiger partial charge in [-0.1, -0.05) is 0 Å². The summed E-state index contributed by atoms with van der Waals surface area (Å²) >= 11 is 0. The highest BCUT2D eigenvalue weighted by atomic mass is 19.3. The maximum absolute atomic E-state index is 14.2. The van der Waals surface area contributed by atoms with Gasteiger partial charge in [-0.25, -0.2) is 22.7 Å². The Labute approximate surface area is 214 Å². The van der Waals surface area contributed by atoms with E-state index >= 15 is 0 Å². The molecule has 4 rings (SSSR count). The molecule has 0 aliphatic carbocycles. The number of carbonyl (C=O) groups excluding carboxylic acids is 1. The summed E-state index contributed by atoms with van der Waals surface area (Å²) in [7, 11) is 0. The van der Waals surface area contributed by atoms with Crippen molar-refractivity contribution < 1.29 is 23.1 Å². The van der Waals surface area contributed by atoms with Gasteiger partial charge in [0.2, 0.25) is 0 Å². The number of rotatable bonds is 9. The molecule has 3 N–H and O–H groups in total. The number of halogens is 3. The standard InChI is InChI=1S/C24H24F3N9O2/c1-23(2,38)19(25)12-31-22(37)15-10-29-17(18-11-30-21-6-14(8-28)9-32-36(18)21)7-16(15)33-20-4-5-35(34-20)13-24(3,26)27/h4-7,9-11,19,38H,12-13H2,1-3H3,(H,31,37)(H,29,33,34)/t19-/m1/s1. The van der Waals surface area contributed by atoms with Gasteiger partial charge in [0.05, 0.1) is 47.0 Å². The highest BCUT2D eigenvalue weighted by molar-refractivity contribution is 6.00. The number of alkyl halides is 3. The van der Waals surface area contributed by atoms with Crippen LogP contribution in [0.1, 0.15) is 36.7 Å². The third kappa shape index (κ3) is 6.06. The Morgan fingerprint density at radius 1 is 1.21 bits per heavy atom. The Kier molecular flexibility index (Phi) is 7.05. The van der Waals surface area contributed by atoms with Crippen molar-refractivity contribution in [1.29, 1.82) is 5.26 Å². The highest BCUT2D eigenvalue weighted by Gasteiger charge is 2.27. The number of nitriles is 1. The molecule has 14 heteroatoms. The number of aromatic nitrogens is 6. The van der Waals surface area contributed by atoms with Crippen molar-refractivity contribution in [3.63, 3.8) is 0 Å². The van der Waals surface area contributed by atoms with E-state index in [1.54, 1.807) is 6.07 Å². The maximum atomic E-state index is 14.2. The van der Waals surface area contributed by atoms with Crippen LogP contribution in [0.2, 0.25) is 0 Å². The van der Waals surface area contributed by atoms with E-state index in [2.05, 4.69) is 30.8 Å². The molecule has 4 aromatic heterocycles. The lowest BCUT2D eigenvalue weighted by molar-refractivity contribution is -0.00186. The number of nitrogens with zero attached hydrogens (tertiary/aromatic N) is 7. The zero-order valence-electron chi connectivity index (χ0n) is 20.7. The second kappa shape index (κ2) is 10.1. The Morgan fingerprint density at radius 3 is 2.66 bits per heavy atom. The molecule has 0 spiro atoms. The van der Waals surface area contributed by atoms with Gasteiger partial charge in [0.15, 0.2) is 11.5 Å². The lowest BCUT2D eigenvalue weighted by Gasteiger charge is -2.22. The highest BCUT2D eigenvalue weighted by Crippen LogP contribution is 2.27. The summed E-state index contributed by atoms with van der Waals surface area (Å²) in [4.78, 5) is 21.5. The molecule has 0 radical (unpaired) electrons. The van der Waals surface area contributed by atoms with Crippen LogP contribution in [-0.4, -0.2) is 64.6 Å². The first-order valence-corrected chi connectivity index (χ1v) is 11.4. The smallest absolute Gasteiger partial charge is 0.264 e. The third-order valence-corrected chi connectivity index (χ3v) is 5.45. The third-order valence-electron chi connectivity index (χ3n) is 5.45. The van der Waals surface area contributed by atoms with Crippen LogP contribution in [0.25, 0.3) is 17.0 Å². The summed E-state index contributed by atoms with van der Waals surface area (Å²) in [5, 5.41) is 32.6. The first-order valence-electron chi connectivity index (χ1n) is 11.4. The first-order chi connectivity index (χ1) is 17.8. The molecular formula is C24H24F3N9O2. The van der Waals surface area contributed by atoms with Gasteiger partial charge < -0.3 is 15.7 Å². The number of amides is 1. The molecule has 1 amide bonds. The minimum atomic E-state index is -2.98. The molecule has 0 aliphatic heterocycles. The predicted molar refractivity (Wildman–Crippen MR) is 131 cm³/mol. The van der Waals surface area contributed by atoms with E-state index in [-0.39, 0.29) is 17.1 Å². The minimum absolute atomic E-state index is 0.0145. The Balaban J connectivity index is 1.69. The predicted octanol–water partition coefficient (Wildman–Crippen LogP) is 3.10. The molecule has 4 heterocycles. The van der Waals surface area contributed by atoms with Crippen LogP contribution in [0.3, 0.4) is 0 Å². The van der Waals surface area contributed by atoms with Crippen molar-refractivity contribution >= 4 is 23.1 Å². The zero-order chi connectivity index (χ0) is 27.7. The molecule has 0 saturated carbocycles. The van der Waals surface area contributed by atoms with E-state index in [1.807, 2.05) is 6.07 Å². The average Bonchev–Trinajstić information content (AvgIpc) is 3.46. The number of aliphatic hydroxyl groups is 1. The number of imidazole rings is 1. The Morgan fingerprint density at radius 2 is 1.97 bits per heavy atom. The Bertz CT molecular complexity index is 1510. The number of hydrogen-bond acceptors (Lipinski definition) is 8. The Hall–Kier alpha value is -4.51. The second-order valence-electron chi connectivity index (χ2n) is 9.31. The molecule has 0 saturated heterocycles. The quantitative estimate of drug-likeness (QED) is 0.301. The molecule has 0 aromatic carbocycles. The summed E-state index contributed by atoms with van der Waals surface area (Å²) in [6, 6.07) is 6.50. The van der Waals surface area contributed by atoms with Gasteiger partial charge in [0, 0.05) is 31.5 Å². The molecule has 11 nitrogen and oxygen atoms in total. The summed E-state index contributed by atoms with van der Waals surface area (Å²) in [6.45, 7) is 2.24. The number of pyridine rings is 1. The van der Waals surface area contributed by atoms with Gasteiger partial charge in [-0.2, -0.15) is 15.5 Å². The zero-order valence-corrected chi connectivity index (χ0v) is 20.7. The van der Waals surface area contributed by atoms with E-state index in [0.29, 0.717) is 22.6 Å². The molecule has 4 aromatic rings. The fourth-order valence-corrected chi connectivity index (χ4v) is 3.46. The fourth-order valence-electron chi connectivity index (χ4n) is 3.46. The largest absolute Gasteiger partial charge is 0.387 e. The van der Waals surface area contributed by atoms with Crippen LogP contribution in [0, 0.1) is 11.3 Å². The van der Waals surface area contributed by atoms with E-state index < -0.39 is 36.7 Å². The van der Waals surface area contributed by atoms with E-state index in [1.165, 1.54) is 55.3 Å². The molecule has 1 atom stereocenters. The number of carbonyl (C=O) groups is 1. The van der Waals surface area contributed by atoms with Crippen LogP contribution in [0.5, 0.6) is 0 Å². The van der Waals surface area contributed by atoms with Crippen LogP contribution in [0.15, 0.2) is 43.0 Å². The van der Waals surface area contributed by atoms with Gasteiger partial charge in [0.1, 0.15) is 24.5 Å². The number of hydrogen-bond donors (Lipinski definition) is 3. The van der Waals surface area contributed by atoms with Crippen LogP contribution in [0.4, 0.5) is 24.7 Å². The summed E-state index contributed by atoms with van der Waals surface area (Å²) in [5.74, 6) is -3.49. The van der Waals surface area contributed by atoms with Crippen molar-refractivity contribution in [1.82, 2.24) is 34.7 Å². The van der Waals surface area contributed by atoms with Gasteiger partial charge in [-0.3, -0.25) is 14.5 Å². The van der Waals surface area contributed by atoms with Crippen LogP contribution < -0.4 is 10.6 Å². The number of nitrogens with one attached hydrogen (secondary N) is 2. The molecule has 198 valence electrons. The second-order valence-corrected chi connectivity index (χ2v) is 9.31. The van der Waals surface area contributed by atoms with E-state index in [0.717, 1.165) is 11.6 Å². The number of anilines is 2. The summed E-state index contributed by atoms with van der Waals surface area (Å²) < 4.78 is 43.6. The van der Waals surface area contributed by atoms with Crippen molar-refractivity contribution in [2.45, 2.75) is 45.0 Å². The van der Waals surface area contributed by atoms with Crippen molar-refractivity contribution in [2.24, 2.45) is 0 Å². The summed E-state index contributed by atoms with van der Waals surface area (Å²) in [6.07, 6.45) is 3.74.